The van der Waals surface area contributed by atoms with Gasteiger partial charge in [-0.25, -0.2) is 0 Å². The molecule has 0 unspecified atom stereocenters. The predicted octanol–water partition coefficient (Wildman–Crippen LogP) is 3.19. The monoisotopic (exact) mass is 345 g/mol. The van der Waals surface area contributed by atoms with Crippen molar-refractivity contribution < 1.29 is 4.92 Å². The van der Waals surface area contributed by atoms with Crippen LogP contribution in [0.25, 0.3) is 0 Å². The summed E-state index contributed by atoms with van der Waals surface area (Å²) >= 11 is 0. The Labute approximate surface area is 150 Å². The summed E-state index contributed by atoms with van der Waals surface area (Å²) in [5, 5.41) is 40.5. The third-order valence-corrected chi connectivity index (χ3v) is 5.24. The van der Waals surface area contributed by atoms with Crippen LogP contribution in [0, 0.1) is 55.4 Å². The van der Waals surface area contributed by atoms with Gasteiger partial charge in [0.1, 0.15) is 6.07 Å². The van der Waals surface area contributed by atoms with Crippen LogP contribution in [0.2, 0.25) is 0 Å². The molecule has 0 saturated carbocycles. The van der Waals surface area contributed by atoms with Gasteiger partial charge in [0.15, 0.2) is 5.41 Å². The van der Waals surface area contributed by atoms with Crippen molar-refractivity contribution in [1.29, 1.82) is 15.8 Å². The van der Waals surface area contributed by atoms with Gasteiger partial charge in [0, 0.05) is 18.1 Å². The summed E-state index contributed by atoms with van der Waals surface area (Å²) in [6.45, 7) is 0. The number of non-ortho nitro benzene ring substituents is 1. The first-order chi connectivity index (χ1) is 12.5. The van der Waals surface area contributed by atoms with Crippen LogP contribution in [-0.4, -0.2) is 4.92 Å². The second kappa shape index (κ2) is 6.35. The summed E-state index contributed by atoms with van der Waals surface area (Å²) in [6, 6.07) is 12.1. The van der Waals surface area contributed by atoms with Crippen LogP contribution in [0.15, 0.2) is 47.2 Å². The van der Waals surface area contributed by atoms with Crippen molar-refractivity contribution >= 4 is 5.69 Å². The molecule has 1 aromatic rings. The van der Waals surface area contributed by atoms with Gasteiger partial charge in [0.25, 0.3) is 5.69 Å². The average molecular weight is 345 g/mol. The van der Waals surface area contributed by atoms with Crippen LogP contribution in [0.3, 0.4) is 0 Å². The maximum absolute atomic E-state index is 11.2. The highest BCUT2D eigenvalue weighted by Crippen LogP contribution is 2.55. The van der Waals surface area contributed by atoms with E-state index in [1.165, 1.54) is 12.1 Å². The summed E-state index contributed by atoms with van der Waals surface area (Å²) in [7, 11) is 0. The zero-order valence-corrected chi connectivity index (χ0v) is 13.8. The first kappa shape index (κ1) is 17.2. The average Bonchev–Trinajstić information content (AvgIpc) is 2.67. The molecule has 2 atom stereocenters. The van der Waals surface area contributed by atoms with Gasteiger partial charge in [0.05, 0.1) is 28.3 Å². The fourth-order valence-corrected chi connectivity index (χ4v) is 4.08. The van der Waals surface area contributed by atoms with E-state index >= 15 is 0 Å². The van der Waals surface area contributed by atoms with E-state index in [1.807, 2.05) is 18.2 Å². The molecule has 2 aliphatic carbocycles. The molecular formula is C19H15N5O2. The number of benzene rings is 1. The fraction of sp³-hybridized carbons (Fsp3) is 0.316. The molecule has 1 aromatic carbocycles. The van der Waals surface area contributed by atoms with Crippen molar-refractivity contribution in [3.63, 3.8) is 0 Å². The zero-order chi connectivity index (χ0) is 18.9. The van der Waals surface area contributed by atoms with E-state index in [0.717, 1.165) is 18.4 Å². The molecular weight excluding hydrogens is 330 g/mol. The minimum Gasteiger partial charge on any atom is -0.399 e. The molecule has 7 heteroatoms. The van der Waals surface area contributed by atoms with Crippen molar-refractivity contribution in [2.45, 2.75) is 25.2 Å². The van der Waals surface area contributed by atoms with Gasteiger partial charge in [-0.05, 0) is 36.3 Å². The fourth-order valence-electron chi connectivity index (χ4n) is 4.08. The van der Waals surface area contributed by atoms with Crippen molar-refractivity contribution in [2.75, 3.05) is 0 Å². The molecule has 0 spiro atoms. The van der Waals surface area contributed by atoms with E-state index in [0.29, 0.717) is 12.0 Å². The van der Waals surface area contributed by atoms with Gasteiger partial charge in [-0.3, -0.25) is 10.1 Å². The van der Waals surface area contributed by atoms with Gasteiger partial charge in [-0.1, -0.05) is 18.2 Å². The van der Waals surface area contributed by atoms with Gasteiger partial charge < -0.3 is 5.73 Å². The standard InChI is InChI=1S/C19H15N5O2/c20-9-16-14-6-1-2-7-15(14)17(19(10-21,11-22)18(16)23)12-4-3-5-13(8-12)24(25)26/h3-6,8,15,17H,1-2,7,23H2/t15-,17-/m1/s1. The Morgan fingerprint density at radius 2 is 2.00 bits per heavy atom. The topological polar surface area (TPSA) is 141 Å². The molecule has 0 bridgehead atoms. The van der Waals surface area contributed by atoms with Gasteiger partial charge >= 0.3 is 0 Å². The van der Waals surface area contributed by atoms with Gasteiger partial charge in [0.2, 0.25) is 0 Å². The summed E-state index contributed by atoms with van der Waals surface area (Å²) in [5.74, 6) is -0.923. The number of nitriles is 3. The Balaban J connectivity index is 2.32. The van der Waals surface area contributed by atoms with Crippen LogP contribution in [0.4, 0.5) is 5.69 Å². The quantitative estimate of drug-likeness (QED) is 0.644. The molecule has 0 radical (unpaired) electrons. The largest absolute Gasteiger partial charge is 0.399 e. The van der Waals surface area contributed by atoms with Crippen LogP contribution in [-0.2, 0) is 0 Å². The van der Waals surface area contributed by atoms with Gasteiger partial charge in [-0.2, -0.15) is 15.8 Å². The normalized spacial score (nSPS) is 23.7. The molecule has 128 valence electrons. The summed E-state index contributed by atoms with van der Waals surface area (Å²) < 4.78 is 0. The number of nitrogens with zero attached hydrogens (tertiary/aromatic N) is 4. The van der Waals surface area contributed by atoms with E-state index in [2.05, 4.69) is 6.07 Å². The van der Waals surface area contributed by atoms with Gasteiger partial charge in [-0.15, -0.1) is 0 Å². The van der Waals surface area contributed by atoms with E-state index in [4.69, 9.17) is 5.73 Å². The molecule has 0 heterocycles. The Kier molecular flexibility index (Phi) is 4.20. The zero-order valence-electron chi connectivity index (χ0n) is 13.8. The highest BCUT2D eigenvalue weighted by molar-refractivity contribution is 5.59. The number of hydrogen-bond donors (Lipinski definition) is 1. The maximum Gasteiger partial charge on any atom is 0.269 e. The molecule has 26 heavy (non-hydrogen) atoms. The van der Waals surface area contributed by atoms with Crippen LogP contribution < -0.4 is 5.73 Å². The number of rotatable bonds is 2. The molecule has 0 aliphatic heterocycles. The lowest BCUT2D eigenvalue weighted by Crippen LogP contribution is -2.42. The number of fused-ring (bicyclic) bond motifs is 1. The number of allylic oxidation sites excluding steroid dienone is 4. The number of nitro benzene ring substituents is 1. The maximum atomic E-state index is 11.2. The van der Waals surface area contributed by atoms with Crippen molar-refractivity contribution in [3.05, 3.63) is 62.9 Å². The second-order valence-electron chi connectivity index (χ2n) is 6.46. The van der Waals surface area contributed by atoms with Crippen molar-refractivity contribution in [3.8, 4) is 18.2 Å². The van der Waals surface area contributed by atoms with E-state index < -0.39 is 16.3 Å². The predicted molar refractivity (Wildman–Crippen MR) is 91.7 cm³/mol. The third kappa shape index (κ3) is 2.32. The van der Waals surface area contributed by atoms with E-state index in [1.54, 1.807) is 12.1 Å². The Morgan fingerprint density at radius 3 is 2.62 bits per heavy atom. The Morgan fingerprint density at radius 1 is 1.27 bits per heavy atom. The van der Waals surface area contributed by atoms with Crippen LogP contribution in [0.5, 0.6) is 0 Å². The van der Waals surface area contributed by atoms with Crippen molar-refractivity contribution in [2.24, 2.45) is 17.1 Å². The molecule has 0 saturated heterocycles. The lowest BCUT2D eigenvalue weighted by Gasteiger charge is -2.43. The Bertz CT molecular complexity index is 957. The third-order valence-electron chi connectivity index (χ3n) is 5.24. The molecule has 2 aliphatic rings. The first-order valence-electron chi connectivity index (χ1n) is 8.17. The van der Waals surface area contributed by atoms with E-state index in [9.17, 15) is 25.9 Å². The minimum atomic E-state index is -1.74. The van der Waals surface area contributed by atoms with Crippen molar-refractivity contribution in [1.82, 2.24) is 0 Å². The molecule has 3 rings (SSSR count). The van der Waals surface area contributed by atoms with Crippen LogP contribution in [0.1, 0.15) is 30.7 Å². The molecule has 7 nitrogen and oxygen atoms in total. The SMILES string of the molecule is N#CC1=C(N)C(C#N)(C#N)[C@H](c2cccc([N+](=O)[O-])c2)[C@@H]2CCCC=C12. The highest BCUT2D eigenvalue weighted by atomic mass is 16.6. The second-order valence-corrected chi connectivity index (χ2v) is 6.46. The first-order valence-corrected chi connectivity index (χ1v) is 8.17. The molecule has 0 aromatic heterocycles. The Hall–Kier alpha value is -3.63. The van der Waals surface area contributed by atoms with E-state index in [-0.39, 0.29) is 22.9 Å². The number of hydrogen-bond acceptors (Lipinski definition) is 6. The van der Waals surface area contributed by atoms with Crippen LogP contribution >= 0.6 is 0 Å². The summed E-state index contributed by atoms with van der Waals surface area (Å²) in [5.41, 5.74) is 5.70. The minimum absolute atomic E-state index is 0.0640. The number of nitrogens with two attached hydrogens (primary N) is 1. The lowest BCUT2D eigenvalue weighted by atomic mass is 9.57. The summed E-state index contributed by atoms with van der Waals surface area (Å²) in [4.78, 5) is 10.7. The molecule has 2 N–H and O–H groups in total. The molecule has 0 fully saturated rings. The lowest BCUT2D eigenvalue weighted by molar-refractivity contribution is -0.384. The highest BCUT2D eigenvalue weighted by Gasteiger charge is 2.53. The summed E-state index contributed by atoms with van der Waals surface area (Å²) in [6.07, 6.45) is 4.26. The number of nitro groups is 1. The smallest absolute Gasteiger partial charge is 0.269 e. The molecule has 0 amide bonds.